The highest BCUT2D eigenvalue weighted by Gasteiger charge is 2.12. The van der Waals surface area contributed by atoms with Crippen molar-refractivity contribution >= 4 is 33.7 Å². The molecule has 0 spiro atoms. The average molecular weight is 439 g/mol. The third-order valence-corrected chi connectivity index (χ3v) is 5.74. The van der Waals surface area contributed by atoms with Crippen LogP contribution in [0.3, 0.4) is 0 Å². The lowest BCUT2D eigenvalue weighted by Crippen LogP contribution is -2.36. The Bertz CT molecular complexity index is 1640. The maximum atomic E-state index is 12.8. The van der Waals surface area contributed by atoms with E-state index in [1.54, 1.807) is 25.1 Å². The fourth-order valence-corrected chi connectivity index (χ4v) is 4.04. The number of imidazole rings is 1. The molecular formula is C25H21N5O3. The van der Waals surface area contributed by atoms with Gasteiger partial charge >= 0.3 is 11.1 Å². The lowest BCUT2D eigenvalue weighted by molar-refractivity contribution is 0.102. The van der Waals surface area contributed by atoms with Crippen LogP contribution in [0.15, 0.2) is 76.3 Å². The SMILES string of the molecule is CCn1c(=O)c(=O)[nH]c2cc(C(=O)Nc3ccc(-c4nc5ccccc5n4C)cc3)ccc21. The number of anilines is 1. The molecule has 0 aliphatic heterocycles. The number of H-pyrrole nitrogens is 1. The van der Waals surface area contributed by atoms with E-state index in [9.17, 15) is 14.4 Å². The molecule has 33 heavy (non-hydrogen) atoms. The standard InChI is InChI=1S/C25H21N5O3/c1-3-30-21-13-10-16(14-19(21)28-24(32)25(30)33)23(31)26-17-11-8-15(9-12-17)22-27-18-6-4-5-7-20(18)29(22)2/h4-14H,3H2,1-2H3,(H,26,31)(H,28,32). The van der Waals surface area contributed by atoms with E-state index in [0.717, 1.165) is 22.4 Å². The van der Waals surface area contributed by atoms with E-state index in [2.05, 4.69) is 10.3 Å². The summed E-state index contributed by atoms with van der Waals surface area (Å²) in [6.45, 7) is 2.15. The number of hydrogen-bond donors (Lipinski definition) is 2. The van der Waals surface area contributed by atoms with E-state index in [1.807, 2.05) is 60.1 Å². The zero-order valence-corrected chi connectivity index (χ0v) is 18.1. The van der Waals surface area contributed by atoms with Crippen LogP contribution in [0.5, 0.6) is 0 Å². The van der Waals surface area contributed by atoms with Gasteiger partial charge in [0.1, 0.15) is 5.82 Å². The number of aromatic amines is 1. The Balaban J connectivity index is 1.41. The number of carbonyl (C=O) groups excluding carboxylic acids is 1. The summed E-state index contributed by atoms with van der Waals surface area (Å²) in [7, 11) is 1.97. The van der Waals surface area contributed by atoms with E-state index < -0.39 is 11.1 Å². The van der Waals surface area contributed by atoms with Gasteiger partial charge in [-0.1, -0.05) is 12.1 Å². The van der Waals surface area contributed by atoms with Crippen LogP contribution in [0.2, 0.25) is 0 Å². The first-order valence-corrected chi connectivity index (χ1v) is 10.6. The quantitative estimate of drug-likeness (QED) is 0.418. The fourth-order valence-electron chi connectivity index (χ4n) is 4.04. The van der Waals surface area contributed by atoms with E-state index in [4.69, 9.17) is 4.98 Å². The molecule has 0 fully saturated rings. The van der Waals surface area contributed by atoms with Gasteiger partial charge < -0.3 is 19.4 Å². The molecule has 5 aromatic rings. The summed E-state index contributed by atoms with van der Waals surface area (Å²) < 4.78 is 3.42. The molecule has 8 nitrogen and oxygen atoms in total. The molecule has 0 saturated carbocycles. The highest BCUT2D eigenvalue weighted by molar-refractivity contribution is 6.06. The highest BCUT2D eigenvalue weighted by Crippen LogP contribution is 2.25. The number of fused-ring (bicyclic) bond motifs is 2. The van der Waals surface area contributed by atoms with Gasteiger partial charge in [-0.15, -0.1) is 0 Å². The number of nitrogens with one attached hydrogen (secondary N) is 2. The third-order valence-electron chi connectivity index (χ3n) is 5.74. The number of carbonyl (C=O) groups is 1. The van der Waals surface area contributed by atoms with E-state index >= 15 is 0 Å². The first kappa shape index (κ1) is 20.4. The normalized spacial score (nSPS) is 11.2. The van der Waals surface area contributed by atoms with Crippen LogP contribution in [0.4, 0.5) is 5.69 Å². The molecule has 164 valence electrons. The zero-order chi connectivity index (χ0) is 23.1. The second-order valence-electron chi connectivity index (χ2n) is 7.75. The lowest BCUT2D eigenvalue weighted by atomic mass is 10.1. The van der Waals surface area contributed by atoms with Crippen LogP contribution in [-0.4, -0.2) is 25.0 Å². The molecular weight excluding hydrogens is 418 g/mol. The minimum Gasteiger partial charge on any atom is -0.327 e. The smallest absolute Gasteiger partial charge is 0.316 e. The largest absolute Gasteiger partial charge is 0.327 e. The van der Waals surface area contributed by atoms with Gasteiger partial charge in [0, 0.05) is 30.4 Å². The Hall–Kier alpha value is -4.46. The summed E-state index contributed by atoms with van der Waals surface area (Å²) in [5, 5.41) is 2.87. The van der Waals surface area contributed by atoms with Crippen LogP contribution in [-0.2, 0) is 13.6 Å². The summed E-state index contributed by atoms with van der Waals surface area (Å²) in [5.74, 6) is 0.525. The summed E-state index contributed by atoms with van der Waals surface area (Å²) in [6, 6.07) is 20.3. The highest BCUT2D eigenvalue weighted by atomic mass is 16.2. The molecule has 0 aliphatic carbocycles. The van der Waals surface area contributed by atoms with Crippen molar-refractivity contribution in [3.05, 3.63) is 93.0 Å². The summed E-state index contributed by atoms with van der Waals surface area (Å²) in [5.41, 5.74) is 3.61. The van der Waals surface area contributed by atoms with Crippen LogP contribution in [0, 0.1) is 0 Å². The second kappa shape index (κ2) is 7.90. The number of aromatic nitrogens is 4. The number of para-hydroxylation sites is 2. The van der Waals surface area contributed by atoms with Gasteiger partial charge in [-0.3, -0.25) is 14.4 Å². The molecule has 2 N–H and O–H groups in total. The Morgan fingerprint density at radius 3 is 2.48 bits per heavy atom. The molecule has 2 aromatic heterocycles. The average Bonchev–Trinajstić information content (AvgIpc) is 3.17. The van der Waals surface area contributed by atoms with Crippen molar-refractivity contribution in [1.29, 1.82) is 0 Å². The zero-order valence-electron chi connectivity index (χ0n) is 18.1. The minimum absolute atomic E-state index is 0.317. The van der Waals surface area contributed by atoms with Crippen molar-refractivity contribution in [2.75, 3.05) is 5.32 Å². The molecule has 8 heteroatoms. The predicted molar refractivity (Wildman–Crippen MR) is 129 cm³/mol. The van der Waals surface area contributed by atoms with E-state index in [1.165, 1.54) is 4.57 Å². The van der Waals surface area contributed by atoms with Gasteiger partial charge in [-0.2, -0.15) is 0 Å². The van der Waals surface area contributed by atoms with Crippen molar-refractivity contribution in [1.82, 2.24) is 19.1 Å². The maximum Gasteiger partial charge on any atom is 0.316 e. The second-order valence-corrected chi connectivity index (χ2v) is 7.75. The third kappa shape index (κ3) is 3.51. The first-order valence-electron chi connectivity index (χ1n) is 10.6. The number of amides is 1. The van der Waals surface area contributed by atoms with Crippen LogP contribution >= 0.6 is 0 Å². The van der Waals surface area contributed by atoms with E-state index in [-0.39, 0.29) is 5.91 Å². The summed E-state index contributed by atoms with van der Waals surface area (Å²) >= 11 is 0. The Morgan fingerprint density at radius 1 is 1.00 bits per heavy atom. The van der Waals surface area contributed by atoms with Gasteiger partial charge in [0.25, 0.3) is 5.91 Å². The number of nitrogens with zero attached hydrogens (tertiary/aromatic N) is 3. The Labute approximate surface area is 188 Å². The predicted octanol–water partition coefficient (Wildman–Crippen LogP) is 3.52. The molecule has 5 rings (SSSR count). The molecule has 0 unspecified atom stereocenters. The van der Waals surface area contributed by atoms with Gasteiger partial charge in [-0.25, -0.2) is 4.98 Å². The van der Waals surface area contributed by atoms with Crippen molar-refractivity contribution in [3.63, 3.8) is 0 Å². The topological polar surface area (TPSA) is 102 Å². The number of rotatable bonds is 4. The Kier molecular flexibility index (Phi) is 4.90. The molecule has 0 bridgehead atoms. The first-order chi connectivity index (χ1) is 16.0. The monoisotopic (exact) mass is 439 g/mol. The van der Waals surface area contributed by atoms with Crippen molar-refractivity contribution in [2.24, 2.45) is 7.05 Å². The van der Waals surface area contributed by atoms with Gasteiger partial charge in [0.15, 0.2) is 0 Å². The molecule has 2 heterocycles. The summed E-state index contributed by atoms with van der Waals surface area (Å²) in [6.07, 6.45) is 0. The summed E-state index contributed by atoms with van der Waals surface area (Å²) in [4.78, 5) is 44.0. The van der Waals surface area contributed by atoms with Crippen molar-refractivity contribution in [3.8, 4) is 11.4 Å². The van der Waals surface area contributed by atoms with Crippen molar-refractivity contribution in [2.45, 2.75) is 13.5 Å². The molecule has 3 aromatic carbocycles. The number of hydrogen-bond acceptors (Lipinski definition) is 4. The molecule has 1 amide bonds. The number of aryl methyl sites for hydroxylation is 2. The molecule has 0 saturated heterocycles. The fraction of sp³-hybridized carbons (Fsp3) is 0.120. The molecule has 0 aliphatic rings. The number of benzene rings is 3. The molecule has 0 atom stereocenters. The Morgan fingerprint density at radius 2 is 1.76 bits per heavy atom. The van der Waals surface area contributed by atoms with E-state index in [0.29, 0.717) is 28.8 Å². The lowest BCUT2D eigenvalue weighted by Gasteiger charge is -2.10. The van der Waals surface area contributed by atoms with Crippen LogP contribution < -0.4 is 16.4 Å². The van der Waals surface area contributed by atoms with Gasteiger partial charge in [0.05, 0.1) is 22.1 Å². The van der Waals surface area contributed by atoms with Gasteiger partial charge in [-0.05, 0) is 61.5 Å². The van der Waals surface area contributed by atoms with Crippen molar-refractivity contribution < 1.29 is 4.79 Å². The minimum atomic E-state index is -0.709. The van der Waals surface area contributed by atoms with Gasteiger partial charge in [0.2, 0.25) is 0 Å². The van der Waals surface area contributed by atoms with Crippen LogP contribution in [0.1, 0.15) is 17.3 Å². The molecule has 0 radical (unpaired) electrons. The van der Waals surface area contributed by atoms with Crippen LogP contribution in [0.25, 0.3) is 33.5 Å². The maximum absolute atomic E-state index is 12.8.